The second kappa shape index (κ2) is 8.19. The molecule has 0 radical (unpaired) electrons. The van der Waals surface area contributed by atoms with Gasteiger partial charge in [-0.05, 0) is 30.2 Å². The summed E-state index contributed by atoms with van der Waals surface area (Å²) in [5.41, 5.74) is 1.78. The molecule has 5 nitrogen and oxygen atoms in total. The molecule has 1 amide bonds. The molecule has 0 aliphatic carbocycles. The minimum absolute atomic E-state index is 0.0780. The number of hydrogen-bond acceptors (Lipinski definition) is 4. The smallest absolute Gasteiger partial charge is 0.264 e. The molecule has 3 aromatic rings. The average molecular weight is 393 g/mol. The van der Waals surface area contributed by atoms with Crippen molar-refractivity contribution in [3.8, 4) is 0 Å². The Labute approximate surface area is 164 Å². The van der Waals surface area contributed by atoms with Crippen molar-refractivity contribution in [3.63, 3.8) is 0 Å². The lowest BCUT2D eigenvalue weighted by atomic mass is 9.91. The molecule has 0 atom stereocenters. The Morgan fingerprint density at radius 3 is 1.64 bits per heavy atom. The third-order valence-electron chi connectivity index (χ3n) is 4.33. The van der Waals surface area contributed by atoms with Crippen LogP contribution in [0, 0.1) is 0 Å². The van der Waals surface area contributed by atoms with Gasteiger partial charge in [0.25, 0.3) is 10.0 Å². The molecule has 0 fully saturated rings. The van der Waals surface area contributed by atoms with E-state index in [1.807, 2.05) is 12.1 Å². The maximum absolute atomic E-state index is 13.0. The van der Waals surface area contributed by atoms with E-state index in [1.54, 1.807) is 48.5 Å². The fourth-order valence-corrected chi connectivity index (χ4v) is 3.90. The molecule has 0 aliphatic rings. The number of amides is 1. The van der Waals surface area contributed by atoms with Crippen LogP contribution in [0.1, 0.15) is 34.3 Å². The van der Waals surface area contributed by atoms with Crippen LogP contribution in [0.25, 0.3) is 0 Å². The lowest BCUT2D eigenvalue weighted by molar-refractivity contribution is -0.119. The van der Waals surface area contributed by atoms with Crippen molar-refractivity contribution in [2.45, 2.75) is 17.7 Å². The Bertz CT molecular complexity index is 1040. The maximum Gasteiger partial charge on any atom is 0.264 e. The molecular formula is C22H19NO4S. The number of carbonyl (C=O) groups excluding carboxylic acids is 2. The van der Waals surface area contributed by atoms with Gasteiger partial charge in [0.05, 0.1) is 10.8 Å². The van der Waals surface area contributed by atoms with Crippen LogP contribution in [0.2, 0.25) is 0 Å². The number of hydrogen-bond donors (Lipinski definition) is 1. The van der Waals surface area contributed by atoms with E-state index in [0.29, 0.717) is 16.7 Å². The highest BCUT2D eigenvalue weighted by molar-refractivity contribution is 7.90. The summed E-state index contributed by atoms with van der Waals surface area (Å²) < 4.78 is 27.5. The van der Waals surface area contributed by atoms with Gasteiger partial charge in [-0.1, -0.05) is 72.8 Å². The molecule has 28 heavy (non-hydrogen) atoms. The number of benzene rings is 3. The van der Waals surface area contributed by atoms with Crippen molar-refractivity contribution in [2.75, 3.05) is 0 Å². The van der Waals surface area contributed by atoms with Gasteiger partial charge < -0.3 is 0 Å². The normalized spacial score (nSPS) is 11.2. The van der Waals surface area contributed by atoms with E-state index in [-0.39, 0.29) is 10.7 Å². The van der Waals surface area contributed by atoms with Crippen molar-refractivity contribution >= 4 is 21.7 Å². The van der Waals surface area contributed by atoms with Crippen LogP contribution in [0.4, 0.5) is 0 Å². The first-order valence-corrected chi connectivity index (χ1v) is 10.1. The van der Waals surface area contributed by atoms with Gasteiger partial charge in [-0.15, -0.1) is 0 Å². The van der Waals surface area contributed by atoms with Crippen molar-refractivity contribution in [2.24, 2.45) is 0 Å². The van der Waals surface area contributed by atoms with E-state index in [4.69, 9.17) is 0 Å². The summed E-state index contributed by atoms with van der Waals surface area (Å²) in [6, 6.07) is 23.5. The fourth-order valence-electron chi connectivity index (χ4n) is 2.91. The summed E-state index contributed by atoms with van der Waals surface area (Å²) in [6.45, 7) is 1.40. The molecular weight excluding hydrogens is 374 g/mol. The zero-order valence-corrected chi connectivity index (χ0v) is 16.0. The minimum atomic E-state index is -4.07. The Balaban J connectivity index is 1.92. The second-order valence-corrected chi connectivity index (χ2v) is 7.99. The lowest BCUT2D eigenvalue weighted by Gasteiger charge is -2.18. The minimum Gasteiger partial charge on any atom is -0.295 e. The molecule has 0 aromatic heterocycles. The lowest BCUT2D eigenvalue weighted by Crippen LogP contribution is -2.35. The first-order chi connectivity index (χ1) is 13.4. The number of carbonyl (C=O) groups is 2. The van der Waals surface area contributed by atoms with Crippen molar-refractivity contribution in [1.82, 2.24) is 4.72 Å². The summed E-state index contributed by atoms with van der Waals surface area (Å²) in [7, 11) is -4.07. The maximum atomic E-state index is 13.0. The summed E-state index contributed by atoms with van der Waals surface area (Å²) in [5, 5.41) is 0. The van der Waals surface area contributed by atoms with Gasteiger partial charge in [0.1, 0.15) is 0 Å². The molecule has 0 heterocycles. The van der Waals surface area contributed by atoms with Crippen LogP contribution in [-0.2, 0) is 14.8 Å². The van der Waals surface area contributed by atoms with Crippen LogP contribution in [0.15, 0.2) is 89.8 Å². The summed E-state index contributed by atoms with van der Waals surface area (Å²) >= 11 is 0. The van der Waals surface area contributed by atoms with Gasteiger partial charge in [0, 0.05) is 5.56 Å². The van der Waals surface area contributed by atoms with Crippen molar-refractivity contribution in [1.29, 1.82) is 0 Å². The van der Waals surface area contributed by atoms with E-state index in [0.717, 1.165) is 0 Å². The summed E-state index contributed by atoms with van der Waals surface area (Å²) in [5.74, 6) is -1.58. The second-order valence-electron chi connectivity index (χ2n) is 6.30. The summed E-state index contributed by atoms with van der Waals surface area (Å²) in [4.78, 5) is 24.3. The summed E-state index contributed by atoms with van der Waals surface area (Å²) in [6.07, 6.45) is 0. The van der Waals surface area contributed by atoms with Crippen LogP contribution in [0.5, 0.6) is 0 Å². The van der Waals surface area contributed by atoms with Crippen LogP contribution < -0.4 is 4.72 Å². The van der Waals surface area contributed by atoms with Gasteiger partial charge in [-0.25, -0.2) is 13.1 Å². The largest absolute Gasteiger partial charge is 0.295 e. The number of nitrogens with one attached hydrogen (secondary N) is 1. The highest BCUT2D eigenvalue weighted by atomic mass is 32.2. The van der Waals surface area contributed by atoms with E-state index in [1.165, 1.54) is 31.2 Å². The van der Waals surface area contributed by atoms with E-state index >= 15 is 0 Å². The Morgan fingerprint density at radius 1 is 0.750 bits per heavy atom. The third kappa shape index (κ3) is 4.35. The van der Waals surface area contributed by atoms with Crippen LogP contribution in [-0.4, -0.2) is 20.1 Å². The van der Waals surface area contributed by atoms with Crippen LogP contribution >= 0.6 is 0 Å². The average Bonchev–Trinajstić information content (AvgIpc) is 2.69. The van der Waals surface area contributed by atoms with Gasteiger partial charge in [0.15, 0.2) is 5.78 Å². The molecule has 1 N–H and O–H groups in total. The SMILES string of the molecule is CC(=O)c1ccc(S(=O)(=O)NC(=O)C(c2ccccc2)c2ccccc2)cc1. The number of sulfonamides is 1. The molecule has 0 unspecified atom stereocenters. The molecule has 0 saturated heterocycles. The topological polar surface area (TPSA) is 80.3 Å². The number of rotatable bonds is 6. The van der Waals surface area contributed by atoms with E-state index in [2.05, 4.69) is 4.72 Å². The van der Waals surface area contributed by atoms with E-state index in [9.17, 15) is 18.0 Å². The first kappa shape index (κ1) is 19.5. The van der Waals surface area contributed by atoms with Crippen molar-refractivity contribution in [3.05, 3.63) is 102 Å². The first-order valence-electron chi connectivity index (χ1n) is 8.66. The van der Waals surface area contributed by atoms with Gasteiger partial charge in [0.2, 0.25) is 5.91 Å². The zero-order chi connectivity index (χ0) is 20.1. The predicted molar refractivity (Wildman–Crippen MR) is 107 cm³/mol. The quantitative estimate of drug-likeness (QED) is 0.650. The molecule has 0 aliphatic heterocycles. The molecule has 0 spiro atoms. The van der Waals surface area contributed by atoms with E-state index < -0.39 is 21.8 Å². The predicted octanol–water partition coefficient (Wildman–Crippen LogP) is 3.53. The third-order valence-corrected chi connectivity index (χ3v) is 5.70. The molecule has 6 heteroatoms. The Kier molecular flexibility index (Phi) is 5.70. The fraction of sp³-hybridized carbons (Fsp3) is 0.0909. The molecule has 142 valence electrons. The molecule has 3 aromatic carbocycles. The number of Topliss-reactive ketones (excluding diaryl/α,β-unsaturated/α-hetero) is 1. The standard InChI is InChI=1S/C22H19NO4S/c1-16(24)17-12-14-20(15-13-17)28(26,27)23-22(25)21(18-8-4-2-5-9-18)19-10-6-3-7-11-19/h2-15,21H,1H3,(H,23,25). The van der Waals surface area contributed by atoms with Crippen LogP contribution in [0.3, 0.4) is 0 Å². The molecule has 3 rings (SSSR count). The highest BCUT2D eigenvalue weighted by Gasteiger charge is 2.27. The monoisotopic (exact) mass is 393 g/mol. The zero-order valence-electron chi connectivity index (χ0n) is 15.2. The van der Waals surface area contributed by atoms with Gasteiger partial charge in [-0.3, -0.25) is 9.59 Å². The highest BCUT2D eigenvalue weighted by Crippen LogP contribution is 2.25. The number of ketones is 1. The Morgan fingerprint density at radius 2 is 1.21 bits per heavy atom. The van der Waals surface area contributed by atoms with Gasteiger partial charge >= 0.3 is 0 Å². The van der Waals surface area contributed by atoms with Gasteiger partial charge in [-0.2, -0.15) is 0 Å². The molecule has 0 saturated carbocycles. The molecule has 0 bridgehead atoms. The van der Waals surface area contributed by atoms with Crippen molar-refractivity contribution < 1.29 is 18.0 Å². The Hall–Kier alpha value is -3.25.